The number of benzene rings is 1. The highest BCUT2D eigenvalue weighted by Crippen LogP contribution is 2.28. The van der Waals surface area contributed by atoms with Crippen molar-refractivity contribution in [3.05, 3.63) is 29.8 Å². The second-order valence-corrected chi connectivity index (χ2v) is 5.89. The Labute approximate surface area is 129 Å². The van der Waals surface area contributed by atoms with Gasteiger partial charge in [-0.3, -0.25) is 0 Å². The second kappa shape index (κ2) is 6.06. The Morgan fingerprint density at radius 3 is 3.16 bits per heavy atom. The third-order valence-electron chi connectivity index (χ3n) is 3.00. The molecule has 1 aromatic rings. The van der Waals surface area contributed by atoms with Gasteiger partial charge in [-0.25, -0.2) is 8.42 Å². The van der Waals surface area contributed by atoms with Crippen LogP contribution in [-0.2, 0) is 9.84 Å². The standard InChI is InChI=1S/C15H23NO2S/c1-3-9-16-10-5-7-14(12-16)13-6-4-8-15(11-13)19(2,17)18/h4,6,8,11,14H,3,5,7,9-10,12H2,1-2H3/t14-/m1/s1/i2D3,3D2,9D2,12D2. The summed E-state index contributed by atoms with van der Waals surface area (Å²) >= 11 is 0. The molecule has 0 radical (unpaired) electrons. The van der Waals surface area contributed by atoms with Gasteiger partial charge in [0.1, 0.15) is 0 Å². The molecular formula is C15H23NO2S. The van der Waals surface area contributed by atoms with E-state index in [2.05, 4.69) is 0 Å². The molecule has 0 aliphatic carbocycles. The van der Waals surface area contributed by atoms with Crippen molar-refractivity contribution in [1.82, 2.24) is 4.90 Å². The largest absolute Gasteiger partial charge is 0.303 e. The topological polar surface area (TPSA) is 37.4 Å². The van der Waals surface area contributed by atoms with Gasteiger partial charge in [0.2, 0.25) is 0 Å². The summed E-state index contributed by atoms with van der Waals surface area (Å²) in [6, 6.07) is 5.05. The molecule has 0 bridgehead atoms. The molecule has 1 fully saturated rings. The fourth-order valence-electron chi connectivity index (χ4n) is 2.13. The summed E-state index contributed by atoms with van der Waals surface area (Å²) in [7, 11) is -4.61. The molecule has 1 heterocycles. The van der Waals surface area contributed by atoms with Crippen molar-refractivity contribution in [1.29, 1.82) is 0 Å². The normalized spacial score (nSPS) is 33.3. The van der Waals surface area contributed by atoms with E-state index in [4.69, 9.17) is 12.3 Å². The summed E-state index contributed by atoms with van der Waals surface area (Å²) < 4.78 is 94.8. The molecule has 0 saturated carbocycles. The van der Waals surface area contributed by atoms with Gasteiger partial charge in [-0.2, -0.15) is 0 Å². The Morgan fingerprint density at radius 1 is 1.58 bits per heavy atom. The molecule has 0 N–H and O–H groups in total. The van der Waals surface area contributed by atoms with Crippen molar-refractivity contribution in [2.45, 2.75) is 37.0 Å². The van der Waals surface area contributed by atoms with Crippen LogP contribution < -0.4 is 0 Å². The number of piperidine rings is 1. The van der Waals surface area contributed by atoms with Gasteiger partial charge in [0.15, 0.2) is 9.84 Å². The van der Waals surface area contributed by atoms with E-state index in [0.29, 0.717) is 6.42 Å². The van der Waals surface area contributed by atoms with Gasteiger partial charge in [-0.05, 0) is 55.9 Å². The van der Waals surface area contributed by atoms with Gasteiger partial charge in [-0.1, -0.05) is 19.1 Å². The summed E-state index contributed by atoms with van der Waals surface area (Å²) in [5, 5.41) is 0. The van der Waals surface area contributed by atoms with Crippen LogP contribution in [0.25, 0.3) is 0 Å². The maximum Gasteiger partial charge on any atom is 0.175 e. The van der Waals surface area contributed by atoms with Crippen LogP contribution in [0.5, 0.6) is 0 Å². The highest BCUT2D eigenvalue weighted by molar-refractivity contribution is 7.90. The molecule has 19 heavy (non-hydrogen) atoms. The summed E-state index contributed by atoms with van der Waals surface area (Å²) in [5.74, 6) is -0.953. The van der Waals surface area contributed by atoms with E-state index in [-0.39, 0.29) is 18.5 Å². The molecule has 4 heteroatoms. The summed E-state index contributed by atoms with van der Waals surface area (Å²) in [6.07, 6.45) is -4.94. The first-order chi connectivity index (χ1) is 12.4. The molecular weight excluding hydrogens is 258 g/mol. The summed E-state index contributed by atoms with van der Waals surface area (Å²) in [4.78, 5) is 0.380. The lowest BCUT2D eigenvalue weighted by Gasteiger charge is -2.32. The minimum atomic E-state index is -4.61. The maximum absolute atomic E-state index is 12.2. The zero-order valence-corrected chi connectivity index (χ0v) is 11.5. The number of sulfone groups is 1. The van der Waals surface area contributed by atoms with Gasteiger partial charge in [0.05, 0.1) is 4.90 Å². The van der Waals surface area contributed by atoms with Gasteiger partial charge in [0.25, 0.3) is 0 Å². The van der Waals surface area contributed by atoms with Crippen molar-refractivity contribution < 1.29 is 20.8 Å². The Balaban J connectivity index is 2.50. The Morgan fingerprint density at radius 2 is 2.42 bits per heavy atom. The van der Waals surface area contributed by atoms with Gasteiger partial charge in [0, 0.05) is 25.0 Å². The number of nitrogens with zero attached hydrogens (tertiary/aromatic N) is 1. The van der Waals surface area contributed by atoms with Crippen molar-refractivity contribution in [2.24, 2.45) is 0 Å². The molecule has 1 aromatic carbocycles. The lowest BCUT2D eigenvalue weighted by molar-refractivity contribution is 0.208. The van der Waals surface area contributed by atoms with Crippen LogP contribution in [0, 0.1) is 0 Å². The van der Waals surface area contributed by atoms with Crippen LogP contribution >= 0.6 is 0 Å². The van der Waals surface area contributed by atoms with E-state index in [1.165, 1.54) is 12.1 Å². The van der Waals surface area contributed by atoms with Crippen LogP contribution in [-0.4, -0.2) is 39.0 Å². The number of likely N-dealkylation sites (tertiary alicyclic amines) is 1. The maximum atomic E-state index is 12.2. The predicted molar refractivity (Wildman–Crippen MR) is 78.3 cm³/mol. The Bertz CT molecular complexity index is 831. The van der Waals surface area contributed by atoms with Gasteiger partial charge >= 0.3 is 0 Å². The minimum Gasteiger partial charge on any atom is -0.303 e. The van der Waals surface area contributed by atoms with Gasteiger partial charge in [-0.15, -0.1) is 0 Å². The lowest BCUT2D eigenvalue weighted by Crippen LogP contribution is -2.34. The third-order valence-corrected chi connectivity index (χ3v) is 3.88. The highest BCUT2D eigenvalue weighted by Gasteiger charge is 2.21. The van der Waals surface area contributed by atoms with Crippen LogP contribution in [0.4, 0.5) is 0 Å². The van der Waals surface area contributed by atoms with E-state index >= 15 is 0 Å². The first kappa shape index (κ1) is 6.72. The van der Waals surface area contributed by atoms with Crippen molar-refractivity contribution >= 4 is 9.84 Å². The second-order valence-electron chi connectivity index (χ2n) is 4.41. The van der Waals surface area contributed by atoms with Crippen molar-refractivity contribution in [3.8, 4) is 0 Å². The van der Waals surface area contributed by atoms with Crippen molar-refractivity contribution in [3.63, 3.8) is 0 Å². The predicted octanol–water partition coefficient (Wildman–Crippen LogP) is 2.68. The first-order valence-corrected chi connectivity index (χ1v) is 7.55. The van der Waals surface area contributed by atoms with E-state index in [1.807, 2.05) is 0 Å². The monoisotopic (exact) mass is 290 g/mol. The molecule has 106 valence electrons. The fourth-order valence-corrected chi connectivity index (χ4v) is 2.68. The quantitative estimate of drug-likeness (QED) is 0.855. The molecule has 1 aliphatic rings. The fraction of sp³-hybridized carbons (Fsp3) is 0.600. The molecule has 0 unspecified atom stereocenters. The van der Waals surface area contributed by atoms with Crippen LogP contribution in [0.2, 0.25) is 0 Å². The molecule has 2 rings (SSSR count). The third kappa shape index (κ3) is 3.80. The molecule has 1 saturated heterocycles. The summed E-state index contributed by atoms with van der Waals surface area (Å²) in [6.45, 7) is -3.88. The van der Waals surface area contributed by atoms with E-state index in [0.717, 1.165) is 24.0 Å². The molecule has 3 nitrogen and oxygen atoms in total. The van der Waals surface area contributed by atoms with Crippen molar-refractivity contribution in [2.75, 3.05) is 25.7 Å². The lowest BCUT2D eigenvalue weighted by atomic mass is 9.90. The number of hydrogen-bond donors (Lipinski definition) is 0. The zero-order valence-electron chi connectivity index (χ0n) is 19.7. The van der Waals surface area contributed by atoms with E-state index in [1.54, 1.807) is 0 Å². The first-order valence-electron chi connectivity index (χ1n) is 10.6. The van der Waals surface area contributed by atoms with Crippen LogP contribution in [0.15, 0.2) is 29.2 Å². The summed E-state index contributed by atoms with van der Waals surface area (Å²) in [5.41, 5.74) is 0.229. The van der Waals surface area contributed by atoms with Gasteiger partial charge < -0.3 is 4.90 Å². The number of hydrogen-bond acceptors (Lipinski definition) is 3. The molecule has 1 aliphatic heterocycles. The molecule has 0 spiro atoms. The smallest absolute Gasteiger partial charge is 0.175 e. The average Bonchev–Trinajstić information content (AvgIpc) is 2.52. The molecule has 1 atom stereocenters. The van der Waals surface area contributed by atoms with E-state index in [9.17, 15) is 8.42 Å². The Hall–Kier alpha value is -0.870. The number of rotatable bonds is 4. The van der Waals surface area contributed by atoms with E-state index < -0.39 is 46.2 Å². The molecule has 0 aromatic heterocycles. The molecule has 0 amide bonds. The highest BCUT2D eigenvalue weighted by atomic mass is 32.2. The van der Waals surface area contributed by atoms with Crippen LogP contribution in [0.1, 0.15) is 50.0 Å². The Kier molecular flexibility index (Phi) is 2.14. The zero-order chi connectivity index (χ0) is 21.8. The SMILES string of the molecule is [2H]C1([2H])[C@H](c2cccc(S(=O)(=O)C([2H])([2H])[2H])c2)CCCN1C([2H])([2H])C([2H])([2H])C. The minimum absolute atomic E-state index is 0.00287. The average molecular weight is 290 g/mol. The van der Waals surface area contributed by atoms with Crippen LogP contribution in [0.3, 0.4) is 0 Å².